The topological polar surface area (TPSA) is 69.6 Å². The molecule has 0 unspecified atom stereocenters. The minimum Gasteiger partial charge on any atom is -0.506 e. The number of hydrogen-bond donors (Lipinski definition) is 2. The molecular weight excluding hydrogens is 288 g/mol. The third kappa shape index (κ3) is 2.60. The van der Waals surface area contributed by atoms with Crippen LogP contribution in [0.4, 0.5) is 5.69 Å². The Morgan fingerprint density at radius 2 is 1.79 bits per heavy atom. The first-order chi connectivity index (χ1) is 8.83. The van der Waals surface area contributed by atoms with Gasteiger partial charge in [0.1, 0.15) is 5.75 Å². The summed E-state index contributed by atoms with van der Waals surface area (Å²) in [6.07, 6.45) is 0. The average molecular weight is 301 g/mol. The molecule has 7 heteroatoms. The number of phenolic OH excluding ortho intramolecular Hbond substituents is 1. The molecule has 0 aliphatic carbocycles. The van der Waals surface area contributed by atoms with Crippen LogP contribution in [0.2, 0.25) is 5.02 Å². The van der Waals surface area contributed by atoms with E-state index in [1.165, 1.54) is 20.2 Å². The maximum Gasteiger partial charge on any atom is 0.301 e. The van der Waals surface area contributed by atoms with Crippen molar-refractivity contribution in [2.45, 2.75) is 0 Å². The molecule has 0 radical (unpaired) electrons. The van der Waals surface area contributed by atoms with E-state index < -0.39 is 10.2 Å². The van der Waals surface area contributed by atoms with Crippen molar-refractivity contribution in [2.75, 3.05) is 18.8 Å². The summed E-state index contributed by atoms with van der Waals surface area (Å²) in [5.41, 5.74) is 0.326. The Labute approximate surface area is 116 Å². The molecule has 0 aliphatic rings. The summed E-state index contributed by atoms with van der Waals surface area (Å²) >= 11 is 5.90. The monoisotopic (exact) mass is 300 g/mol. The highest BCUT2D eigenvalue weighted by molar-refractivity contribution is 7.90. The van der Waals surface area contributed by atoms with Crippen molar-refractivity contribution in [2.24, 2.45) is 0 Å². The Balaban J connectivity index is 2.65. The fourth-order valence-corrected chi connectivity index (χ4v) is 2.48. The van der Waals surface area contributed by atoms with Crippen LogP contribution in [-0.2, 0) is 10.2 Å². The number of hydrogen-bond acceptors (Lipinski definition) is 3. The molecule has 0 atom stereocenters. The Kier molecular flexibility index (Phi) is 3.58. The predicted molar refractivity (Wildman–Crippen MR) is 76.9 cm³/mol. The maximum atomic E-state index is 11.8. The number of halogens is 1. The molecule has 0 bridgehead atoms. The van der Waals surface area contributed by atoms with Gasteiger partial charge in [-0.1, -0.05) is 35.9 Å². The van der Waals surface area contributed by atoms with Gasteiger partial charge in [0.2, 0.25) is 0 Å². The largest absolute Gasteiger partial charge is 0.506 e. The second-order valence-electron chi connectivity index (χ2n) is 4.19. The van der Waals surface area contributed by atoms with E-state index in [1.54, 1.807) is 24.3 Å². The van der Waals surface area contributed by atoms with Crippen molar-refractivity contribution in [3.05, 3.63) is 35.4 Å². The van der Waals surface area contributed by atoms with Crippen molar-refractivity contribution in [1.82, 2.24) is 4.31 Å². The summed E-state index contributed by atoms with van der Waals surface area (Å²) in [5.74, 6) is -0.0648. The Bertz CT molecular complexity index is 729. The first kappa shape index (κ1) is 13.9. The van der Waals surface area contributed by atoms with Crippen LogP contribution in [0.5, 0.6) is 5.75 Å². The smallest absolute Gasteiger partial charge is 0.301 e. The highest BCUT2D eigenvalue weighted by atomic mass is 35.5. The summed E-state index contributed by atoms with van der Waals surface area (Å²) in [5, 5.41) is 11.0. The van der Waals surface area contributed by atoms with Gasteiger partial charge in [0.05, 0.1) is 10.7 Å². The zero-order valence-electron chi connectivity index (χ0n) is 10.4. The van der Waals surface area contributed by atoms with Crippen LogP contribution in [0.25, 0.3) is 10.8 Å². The number of nitrogens with zero attached hydrogens (tertiary/aromatic N) is 1. The highest BCUT2D eigenvalue weighted by Crippen LogP contribution is 2.37. The lowest BCUT2D eigenvalue weighted by atomic mass is 10.1. The molecule has 2 aromatic rings. The minimum absolute atomic E-state index is 0.0648. The molecule has 0 amide bonds. The predicted octanol–water partition coefficient (Wildman–Crippen LogP) is 2.42. The van der Waals surface area contributed by atoms with Crippen molar-refractivity contribution in [3.63, 3.8) is 0 Å². The van der Waals surface area contributed by atoms with Crippen molar-refractivity contribution >= 4 is 38.3 Å². The van der Waals surface area contributed by atoms with Gasteiger partial charge in [-0.3, -0.25) is 4.72 Å². The first-order valence-electron chi connectivity index (χ1n) is 5.43. The van der Waals surface area contributed by atoms with Gasteiger partial charge in [0, 0.05) is 24.9 Å². The summed E-state index contributed by atoms with van der Waals surface area (Å²) in [4.78, 5) is 0. The zero-order chi connectivity index (χ0) is 14.2. The van der Waals surface area contributed by atoms with Crippen molar-refractivity contribution in [1.29, 1.82) is 0 Å². The SMILES string of the molecule is CN(C)S(=O)(=O)Nc1cc(Cl)c(O)c2ccccc12. The molecule has 0 saturated heterocycles. The van der Waals surface area contributed by atoms with E-state index in [0.29, 0.717) is 16.5 Å². The van der Waals surface area contributed by atoms with E-state index in [0.717, 1.165) is 4.31 Å². The van der Waals surface area contributed by atoms with Crippen LogP contribution in [0.1, 0.15) is 0 Å². The lowest BCUT2D eigenvalue weighted by molar-refractivity contribution is 0.482. The van der Waals surface area contributed by atoms with Crippen LogP contribution >= 0.6 is 11.6 Å². The number of rotatable bonds is 3. The molecule has 0 spiro atoms. The van der Waals surface area contributed by atoms with Gasteiger partial charge >= 0.3 is 10.2 Å². The molecule has 102 valence electrons. The molecule has 0 aromatic heterocycles. The van der Waals surface area contributed by atoms with Gasteiger partial charge in [-0.15, -0.1) is 0 Å². The summed E-state index contributed by atoms with van der Waals surface area (Å²) in [6, 6.07) is 8.26. The average Bonchev–Trinajstić information content (AvgIpc) is 2.35. The van der Waals surface area contributed by atoms with Gasteiger partial charge < -0.3 is 5.11 Å². The van der Waals surface area contributed by atoms with Crippen molar-refractivity contribution < 1.29 is 13.5 Å². The Morgan fingerprint density at radius 1 is 1.21 bits per heavy atom. The third-order valence-electron chi connectivity index (χ3n) is 2.69. The second-order valence-corrected chi connectivity index (χ2v) is 6.48. The van der Waals surface area contributed by atoms with Crippen molar-refractivity contribution in [3.8, 4) is 5.75 Å². The standard InChI is InChI=1S/C12H13ClN2O3S/c1-15(2)19(17,18)14-11-7-10(13)12(16)9-6-4-3-5-8(9)11/h3-7,14,16H,1-2H3. The summed E-state index contributed by atoms with van der Waals surface area (Å²) in [6.45, 7) is 0. The molecular formula is C12H13ClN2O3S. The Morgan fingerprint density at radius 3 is 2.37 bits per heavy atom. The van der Waals surface area contributed by atoms with Gasteiger partial charge in [0.25, 0.3) is 0 Å². The van der Waals surface area contributed by atoms with E-state index in [4.69, 9.17) is 11.6 Å². The molecule has 19 heavy (non-hydrogen) atoms. The number of aromatic hydroxyl groups is 1. The number of phenols is 1. The number of fused-ring (bicyclic) bond motifs is 1. The van der Waals surface area contributed by atoms with Gasteiger partial charge in [-0.25, -0.2) is 0 Å². The fourth-order valence-electron chi connectivity index (χ4n) is 1.64. The first-order valence-corrected chi connectivity index (χ1v) is 7.25. The number of nitrogens with one attached hydrogen (secondary N) is 1. The summed E-state index contributed by atoms with van der Waals surface area (Å²) < 4.78 is 27.2. The minimum atomic E-state index is -3.63. The quantitative estimate of drug-likeness (QED) is 0.855. The molecule has 2 rings (SSSR count). The fraction of sp³-hybridized carbons (Fsp3) is 0.167. The van der Waals surface area contributed by atoms with Gasteiger partial charge in [0.15, 0.2) is 0 Å². The van der Waals surface area contributed by atoms with E-state index in [-0.39, 0.29) is 10.8 Å². The van der Waals surface area contributed by atoms with Crippen LogP contribution < -0.4 is 4.72 Å². The maximum absolute atomic E-state index is 11.8. The van der Waals surface area contributed by atoms with Crippen LogP contribution in [0.15, 0.2) is 30.3 Å². The molecule has 0 saturated carbocycles. The zero-order valence-corrected chi connectivity index (χ0v) is 12.0. The molecule has 0 fully saturated rings. The Hall–Kier alpha value is -1.50. The summed E-state index contributed by atoms with van der Waals surface area (Å²) in [7, 11) is -0.783. The lowest BCUT2D eigenvalue weighted by Gasteiger charge is -2.16. The molecule has 0 heterocycles. The number of anilines is 1. The highest BCUT2D eigenvalue weighted by Gasteiger charge is 2.17. The molecule has 2 aromatic carbocycles. The normalized spacial score (nSPS) is 12.0. The van der Waals surface area contributed by atoms with Crippen LogP contribution in [0, 0.1) is 0 Å². The number of benzene rings is 2. The third-order valence-corrected chi connectivity index (χ3v) is 4.42. The van der Waals surface area contributed by atoms with E-state index >= 15 is 0 Å². The molecule has 5 nitrogen and oxygen atoms in total. The second kappa shape index (κ2) is 4.88. The van der Waals surface area contributed by atoms with E-state index in [1.807, 2.05) is 0 Å². The van der Waals surface area contributed by atoms with Gasteiger partial charge in [-0.2, -0.15) is 12.7 Å². The van der Waals surface area contributed by atoms with Crippen LogP contribution in [-0.4, -0.2) is 31.9 Å². The van der Waals surface area contributed by atoms with E-state index in [9.17, 15) is 13.5 Å². The lowest BCUT2D eigenvalue weighted by Crippen LogP contribution is -2.29. The van der Waals surface area contributed by atoms with Gasteiger partial charge in [-0.05, 0) is 6.07 Å². The van der Waals surface area contributed by atoms with E-state index in [2.05, 4.69) is 4.72 Å². The van der Waals surface area contributed by atoms with Crippen LogP contribution in [0.3, 0.4) is 0 Å². The molecule has 0 aliphatic heterocycles. The molecule has 2 N–H and O–H groups in total.